The van der Waals surface area contributed by atoms with Crippen LogP contribution >= 0.6 is 0 Å². The fraction of sp³-hybridized carbons (Fsp3) is 0.545. The Hall–Kier alpha value is -1.14. The van der Waals surface area contributed by atoms with Crippen LogP contribution in [-0.2, 0) is 9.31 Å². The first-order valence-corrected chi connectivity index (χ1v) is 5.47. The van der Waals surface area contributed by atoms with Crippen molar-refractivity contribution in [2.24, 2.45) is 0 Å². The van der Waals surface area contributed by atoms with Crippen LogP contribution in [0.4, 0.5) is 4.39 Å². The minimum absolute atomic E-state index is 0.132. The normalized spacial score (nSPS) is 21.8. The fourth-order valence-corrected chi connectivity index (χ4v) is 1.63. The topological polar surface area (TPSA) is 51.3 Å². The number of pyridine rings is 1. The number of hydrogen-bond donors (Lipinski definition) is 1. The second-order valence-corrected chi connectivity index (χ2v) is 5.16. The van der Waals surface area contributed by atoms with Crippen molar-refractivity contribution in [2.75, 3.05) is 0 Å². The largest absolute Gasteiger partial charge is 0.498 e. The van der Waals surface area contributed by atoms with Gasteiger partial charge in [0.25, 0.3) is 5.56 Å². The molecule has 6 heteroatoms. The van der Waals surface area contributed by atoms with Gasteiger partial charge in [-0.15, -0.1) is 0 Å². The summed E-state index contributed by atoms with van der Waals surface area (Å²) >= 11 is 0. The predicted octanol–water partition coefficient (Wildman–Crippen LogP) is 0.813. The van der Waals surface area contributed by atoms with E-state index in [0.717, 1.165) is 0 Å². The summed E-state index contributed by atoms with van der Waals surface area (Å²) in [5.74, 6) is -0.856. The number of rotatable bonds is 1. The van der Waals surface area contributed by atoms with Gasteiger partial charge in [-0.3, -0.25) is 4.79 Å². The smallest absolute Gasteiger partial charge is 0.399 e. The van der Waals surface area contributed by atoms with E-state index in [2.05, 4.69) is 4.98 Å². The third-order valence-corrected chi connectivity index (χ3v) is 3.44. The number of halogens is 1. The van der Waals surface area contributed by atoms with Crippen molar-refractivity contribution in [3.63, 3.8) is 0 Å². The summed E-state index contributed by atoms with van der Waals surface area (Å²) in [6.45, 7) is 7.49. The zero-order valence-electron chi connectivity index (χ0n) is 10.3. The Balaban J connectivity index is 2.39. The molecule has 0 aromatic carbocycles. The van der Waals surface area contributed by atoms with Gasteiger partial charge in [-0.05, 0) is 33.8 Å². The maximum absolute atomic E-state index is 13.7. The lowest BCUT2D eigenvalue weighted by molar-refractivity contribution is 0.00578. The molecule has 2 heterocycles. The molecule has 0 bridgehead atoms. The number of aromatic nitrogens is 1. The minimum Gasteiger partial charge on any atom is -0.399 e. The lowest BCUT2D eigenvalue weighted by atomic mass is 9.79. The molecule has 0 saturated carbocycles. The molecule has 1 aliphatic rings. The van der Waals surface area contributed by atoms with Gasteiger partial charge in [0, 0.05) is 11.7 Å². The molecule has 1 aromatic rings. The summed E-state index contributed by atoms with van der Waals surface area (Å²) in [5.41, 5.74) is -1.73. The van der Waals surface area contributed by atoms with E-state index in [1.165, 1.54) is 12.3 Å². The summed E-state index contributed by atoms with van der Waals surface area (Å²) in [6, 6.07) is 1.46. The van der Waals surface area contributed by atoms with Crippen LogP contribution in [0.1, 0.15) is 27.7 Å². The highest BCUT2D eigenvalue weighted by molar-refractivity contribution is 6.62. The van der Waals surface area contributed by atoms with Crippen molar-refractivity contribution in [1.29, 1.82) is 0 Å². The van der Waals surface area contributed by atoms with Gasteiger partial charge in [0.1, 0.15) is 0 Å². The highest BCUT2D eigenvalue weighted by Crippen LogP contribution is 2.36. The van der Waals surface area contributed by atoms with Gasteiger partial charge in [0.05, 0.1) is 11.2 Å². The Morgan fingerprint density at radius 3 is 2.29 bits per heavy atom. The molecule has 0 radical (unpaired) electrons. The summed E-state index contributed by atoms with van der Waals surface area (Å²) in [6.07, 6.45) is 1.38. The van der Waals surface area contributed by atoms with Crippen LogP contribution in [0.5, 0.6) is 0 Å². The minimum atomic E-state index is -0.856. The summed E-state index contributed by atoms with van der Waals surface area (Å²) < 4.78 is 25.0. The van der Waals surface area contributed by atoms with E-state index < -0.39 is 29.7 Å². The van der Waals surface area contributed by atoms with Crippen LogP contribution < -0.4 is 11.0 Å². The first kappa shape index (κ1) is 12.3. The average Bonchev–Trinajstić information content (AvgIpc) is 2.40. The van der Waals surface area contributed by atoms with Crippen molar-refractivity contribution < 1.29 is 13.7 Å². The Bertz CT molecular complexity index is 482. The molecular weight excluding hydrogens is 224 g/mol. The fourth-order valence-electron chi connectivity index (χ4n) is 1.63. The van der Waals surface area contributed by atoms with Crippen LogP contribution in [0.3, 0.4) is 0 Å². The summed E-state index contributed by atoms with van der Waals surface area (Å²) in [7, 11) is -0.845. The number of nitrogens with one attached hydrogen (secondary N) is 1. The van der Waals surface area contributed by atoms with Gasteiger partial charge >= 0.3 is 7.12 Å². The highest BCUT2D eigenvalue weighted by atomic mass is 19.1. The molecule has 1 N–H and O–H groups in total. The van der Waals surface area contributed by atoms with Crippen LogP contribution in [0.15, 0.2) is 17.1 Å². The van der Waals surface area contributed by atoms with E-state index in [1.54, 1.807) is 0 Å². The molecule has 1 aliphatic heterocycles. The van der Waals surface area contributed by atoms with E-state index in [4.69, 9.17) is 9.31 Å². The lowest BCUT2D eigenvalue weighted by Crippen LogP contribution is -2.41. The third-order valence-electron chi connectivity index (χ3n) is 3.44. The van der Waals surface area contributed by atoms with E-state index in [0.29, 0.717) is 0 Å². The Labute approximate surface area is 99.3 Å². The molecule has 0 aliphatic carbocycles. The van der Waals surface area contributed by atoms with Crippen molar-refractivity contribution in [3.05, 3.63) is 28.4 Å². The van der Waals surface area contributed by atoms with Crippen molar-refractivity contribution in [1.82, 2.24) is 4.98 Å². The average molecular weight is 239 g/mol. The SMILES string of the molecule is CC1(C)OB(c2cc[nH]c(=O)c2F)OC1(C)C. The van der Waals surface area contributed by atoms with Gasteiger partial charge < -0.3 is 14.3 Å². The first-order valence-electron chi connectivity index (χ1n) is 5.47. The molecule has 4 nitrogen and oxygen atoms in total. The third kappa shape index (κ3) is 1.91. The van der Waals surface area contributed by atoms with Gasteiger partial charge in [0.15, 0.2) is 5.82 Å². The molecule has 0 amide bonds. The van der Waals surface area contributed by atoms with E-state index in [1.807, 2.05) is 27.7 Å². The molecule has 92 valence electrons. The van der Waals surface area contributed by atoms with E-state index in [9.17, 15) is 9.18 Å². The van der Waals surface area contributed by atoms with Crippen molar-refractivity contribution in [2.45, 2.75) is 38.9 Å². The maximum atomic E-state index is 13.7. The number of hydrogen-bond acceptors (Lipinski definition) is 3. The van der Waals surface area contributed by atoms with Crippen LogP contribution in [0, 0.1) is 5.82 Å². The quantitative estimate of drug-likeness (QED) is 0.738. The zero-order valence-corrected chi connectivity index (χ0v) is 10.3. The molecule has 1 fully saturated rings. The van der Waals surface area contributed by atoms with Crippen molar-refractivity contribution >= 4 is 12.6 Å². The van der Waals surface area contributed by atoms with E-state index >= 15 is 0 Å². The first-order chi connectivity index (χ1) is 7.74. The molecule has 2 rings (SSSR count). The Morgan fingerprint density at radius 2 is 1.76 bits per heavy atom. The molecule has 0 atom stereocenters. The van der Waals surface area contributed by atoms with Crippen molar-refractivity contribution in [3.8, 4) is 0 Å². The standard InChI is InChI=1S/C11H15BFNO3/c1-10(2)11(3,4)17-12(16-10)7-5-6-14-9(15)8(7)13/h5-6H,1-4H3,(H,14,15). The molecule has 1 saturated heterocycles. The Kier molecular flexibility index (Phi) is 2.67. The maximum Gasteiger partial charge on any atom is 0.498 e. The second kappa shape index (κ2) is 3.68. The lowest BCUT2D eigenvalue weighted by Gasteiger charge is -2.32. The second-order valence-electron chi connectivity index (χ2n) is 5.16. The summed E-state index contributed by atoms with van der Waals surface area (Å²) in [5, 5.41) is 0. The molecule has 0 unspecified atom stereocenters. The molecule has 1 aromatic heterocycles. The number of aromatic amines is 1. The van der Waals surface area contributed by atoms with E-state index in [-0.39, 0.29) is 5.46 Å². The van der Waals surface area contributed by atoms with Gasteiger partial charge in [-0.1, -0.05) is 0 Å². The van der Waals surface area contributed by atoms with Gasteiger partial charge in [-0.2, -0.15) is 0 Å². The number of H-pyrrole nitrogens is 1. The molecule has 17 heavy (non-hydrogen) atoms. The van der Waals surface area contributed by atoms with Crippen LogP contribution in [0.2, 0.25) is 0 Å². The predicted molar refractivity (Wildman–Crippen MR) is 62.7 cm³/mol. The Morgan fingerprint density at radius 1 is 1.24 bits per heavy atom. The van der Waals surface area contributed by atoms with Gasteiger partial charge in [-0.25, -0.2) is 4.39 Å². The zero-order chi connectivity index (χ0) is 12.8. The highest BCUT2D eigenvalue weighted by Gasteiger charge is 2.52. The van der Waals surface area contributed by atoms with Crippen LogP contribution in [0.25, 0.3) is 0 Å². The van der Waals surface area contributed by atoms with Gasteiger partial charge in [0.2, 0.25) is 0 Å². The monoisotopic (exact) mass is 239 g/mol. The molecular formula is C11H15BFNO3. The summed E-state index contributed by atoms with van der Waals surface area (Å²) in [4.78, 5) is 13.4. The molecule has 0 spiro atoms. The van der Waals surface area contributed by atoms with Crippen LogP contribution in [-0.4, -0.2) is 23.3 Å².